The lowest BCUT2D eigenvalue weighted by atomic mass is 10.1. The molecule has 0 aliphatic heterocycles. The smallest absolute Gasteiger partial charge is 0.146 e. The number of hydrogen-bond acceptors (Lipinski definition) is 4. The fraction of sp³-hybridized carbons (Fsp3) is 0.0870. The molecule has 5 nitrogen and oxygen atoms in total. The molecule has 4 rings (SSSR count). The van der Waals surface area contributed by atoms with Gasteiger partial charge in [0, 0.05) is 18.3 Å². The normalized spacial score (nSPS) is 10.2. The topological polar surface area (TPSA) is 73.2 Å². The van der Waals surface area contributed by atoms with Crippen LogP contribution in [0.25, 0.3) is 11.3 Å². The number of aromatic nitrogens is 2. The SMILES string of the molecule is Cl.NCc1cccc(Oc2ccc(-c3c[nH]c(COc4ccccc4)n3)cc2)c1. The van der Waals surface area contributed by atoms with Crippen LogP contribution in [0.1, 0.15) is 11.4 Å². The summed E-state index contributed by atoms with van der Waals surface area (Å²) in [7, 11) is 0. The lowest BCUT2D eigenvalue weighted by Gasteiger charge is -2.07. The average molecular weight is 408 g/mol. The zero-order valence-electron chi connectivity index (χ0n) is 15.7. The van der Waals surface area contributed by atoms with Gasteiger partial charge >= 0.3 is 0 Å². The average Bonchev–Trinajstić information content (AvgIpc) is 3.23. The first-order valence-electron chi connectivity index (χ1n) is 9.09. The molecule has 0 saturated heterocycles. The van der Waals surface area contributed by atoms with Gasteiger partial charge in [0.25, 0.3) is 0 Å². The Hall–Kier alpha value is -3.28. The highest BCUT2D eigenvalue weighted by Crippen LogP contribution is 2.25. The van der Waals surface area contributed by atoms with E-state index in [0.717, 1.165) is 39.9 Å². The molecule has 4 aromatic rings. The Morgan fingerprint density at radius 1 is 0.828 bits per heavy atom. The number of benzene rings is 3. The summed E-state index contributed by atoms with van der Waals surface area (Å²) in [5, 5.41) is 0. The van der Waals surface area contributed by atoms with Gasteiger partial charge in [0.15, 0.2) is 0 Å². The van der Waals surface area contributed by atoms with Gasteiger partial charge in [-0.1, -0.05) is 30.3 Å². The molecule has 0 saturated carbocycles. The van der Waals surface area contributed by atoms with E-state index in [1.807, 2.05) is 85.1 Å². The number of nitrogens with two attached hydrogens (primary N) is 1. The van der Waals surface area contributed by atoms with Crippen LogP contribution in [-0.2, 0) is 13.2 Å². The van der Waals surface area contributed by atoms with Gasteiger partial charge in [-0.05, 0) is 54.1 Å². The van der Waals surface area contributed by atoms with E-state index in [1.54, 1.807) is 0 Å². The number of nitrogens with zero attached hydrogens (tertiary/aromatic N) is 1. The maximum absolute atomic E-state index is 5.90. The fourth-order valence-electron chi connectivity index (χ4n) is 2.82. The Balaban J connectivity index is 0.00000240. The van der Waals surface area contributed by atoms with Crippen LogP contribution in [0.4, 0.5) is 0 Å². The summed E-state index contributed by atoms with van der Waals surface area (Å²) in [6, 6.07) is 25.3. The number of H-pyrrole nitrogens is 1. The van der Waals surface area contributed by atoms with Crippen LogP contribution in [0.5, 0.6) is 17.2 Å². The van der Waals surface area contributed by atoms with Crippen molar-refractivity contribution in [2.75, 3.05) is 0 Å². The van der Waals surface area contributed by atoms with Crippen molar-refractivity contribution < 1.29 is 9.47 Å². The third-order valence-electron chi connectivity index (χ3n) is 4.27. The number of imidazole rings is 1. The summed E-state index contributed by atoms with van der Waals surface area (Å²) in [5.41, 5.74) is 8.59. The lowest BCUT2D eigenvalue weighted by Crippen LogP contribution is -1.97. The molecule has 6 heteroatoms. The van der Waals surface area contributed by atoms with Gasteiger partial charge in [0.1, 0.15) is 29.7 Å². The molecule has 1 heterocycles. The van der Waals surface area contributed by atoms with Gasteiger partial charge in [-0.15, -0.1) is 12.4 Å². The number of aromatic amines is 1. The number of nitrogens with one attached hydrogen (secondary N) is 1. The van der Waals surface area contributed by atoms with Crippen molar-refractivity contribution in [1.82, 2.24) is 9.97 Å². The van der Waals surface area contributed by atoms with E-state index in [0.29, 0.717) is 13.2 Å². The molecule has 0 atom stereocenters. The molecule has 0 amide bonds. The van der Waals surface area contributed by atoms with Gasteiger partial charge in [-0.25, -0.2) is 4.98 Å². The first-order chi connectivity index (χ1) is 13.8. The van der Waals surface area contributed by atoms with Crippen molar-refractivity contribution >= 4 is 12.4 Å². The van der Waals surface area contributed by atoms with Crippen LogP contribution in [0.15, 0.2) is 85.1 Å². The molecular weight excluding hydrogens is 386 g/mol. The van der Waals surface area contributed by atoms with Gasteiger partial charge in [-0.3, -0.25) is 0 Å². The van der Waals surface area contributed by atoms with E-state index in [-0.39, 0.29) is 12.4 Å². The van der Waals surface area contributed by atoms with Gasteiger partial charge in [0.2, 0.25) is 0 Å². The molecule has 3 N–H and O–H groups in total. The predicted octanol–water partition coefficient (Wildman–Crippen LogP) is 5.33. The highest BCUT2D eigenvalue weighted by atomic mass is 35.5. The van der Waals surface area contributed by atoms with Crippen molar-refractivity contribution in [2.45, 2.75) is 13.2 Å². The van der Waals surface area contributed by atoms with Crippen molar-refractivity contribution in [3.8, 4) is 28.5 Å². The van der Waals surface area contributed by atoms with Crippen LogP contribution < -0.4 is 15.2 Å². The Labute approximate surface area is 175 Å². The van der Waals surface area contributed by atoms with E-state index < -0.39 is 0 Å². The van der Waals surface area contributed by atoms with E-state index in [4.69, 9.17) is 15.2 Å². The standard InChI is InChI=1S/C23H21N3O2.ClH/c24-14-17-5-4-8-21(13-17)28-20-11-9-18(10-12-20)22-15-25-23(26-22)16-27-19-6-2-1-3-7-19;/h1-13,15H,14,16,24H2,(H,25,26);1H. The summed E-state index contributed by atoms with van der Waals surface area (Å²) in [6.45, 7) is 0.883. The molecule has 0 aliphatic carbocycles. The Morgan fingerprint density at radius 3 is 2.34 bits per heavy atom. The van der Waals surface area contributed by atoms with E-state index in [1.165, 1.54) is 0 Å². The van der Waals surface area contributed by atoms with E-state index in [9.17, 15) is 0 Å². The molecule has 0 radical (unpaired) electrons. The summed E-state index contributed by atoms with van der Waals surface area (Å²) >= 11 is 0. The summed E-state index contributed by atoms with van der Waals surface area (Å²) in [4.78, 5) is 7.76. The maximum atomic E-state index is 5.90. The zero-order chi connectivity index (χ0) is 19.2. The molecule has 3 aromatic carbocycles. The monoisotopic (exact) mass is 407 g/mol. The summed E-state index contributed by atoms with van der Waals surface area (Å²) < 4.78 is 11.6. The highest BCUT2D eigenvalue weighted by Gasteiger charge is 2.06. The van der Waals surface area contributed by atoms with Crippen LogP contribution >= 0.6 is 12.4 Å². The van der Waals surface area contributed by atoms with Crippen molar-refractivity contribution in [1.29, 1.82) is 0 Å². The summed E-state index contributed by atoms with van der Waals surface area (Å²) in [6.07, 6.45) is 1.88. The first-order valence-corrected chi connectivity index (χ1v) is 9.09. The maximum Gasteiger partial charge on any atom is 0.146 e. The van der Waals surface area contributed by atoms with Crippen molar-refractivity contribution in [3.05, 3.63) is 96.4 Å². The zero-order valence-corrected chi connectivity index (χ0v) is 16.6. The van der Waals surface area contributed by atoms with Crippen molar-refractivity contribution in [3.63, 3.8) is 0 Å². The molecular formula is C23H22ClN3O2. The second-order valence-electron chi connectivity index (χ2n) is 6.31. The molecule has 148 valence electrons. The van der Waals surface area contributed by atoms with Gasteiger partial charge < -0.3 is 20.2 Å². The Morgan fingerprint density at radius 2 is 1.59 bits per heavy atom. The molecule has 0 unspecified atom stereocenters. The van der Waals surface area contributed by atoms with Gasteiger partial charge in [-0.2, -0.15) is 0 Å². The molecule has 0 fully saturated rings. The molecule has 0 aliphatic rings. The third kappa shape index (κ3) is 5.38. The Kier molecular flexibility index (Phi) is 6.89. The van der Waals surface area contributed by atoms with E-state index in [2.05, 4.69) is 9.97 Å². The van der Waals surface area contributed by atoms with Crippen LogP contribution in [-0.4, -0.2) is 9.97 Å². The first kappa shape index (κ1) is 20.5. The number of halogens is 1. The largest absolute Gasteiger partial charge is 0.486 e. The fourth-order valence-corrected chi connectivity index (χ4v) is 2.82. The van der Waals surface area contributed by atoms with Crippen LogP contribution in [0.2, 0.25) is 0 Å². The highest BCUT2D eigenvalue weighted by molar-refractivity contribution is 5.85. The number of rotatable bonds is 7. The minimum atomic E-state index is 0. The molecule has 0 bridgehead atoms. The number of ether oxygens (including phenoxy) is 2. The van der Waals surface area contributed by atoms with Crippen LogP contribution in [0.3, 0.4) is 0 Å². The summed E-state index contributed by atoms with van der Waals surface area (Å²) in [5.74, 6) is 3.13. The molecule has 29 heavy (non-hydrogen) atoms. The predicted molar refractivity (Wildman–Crippen MR) is 116 cm³/mol. The number of hydrogen-bond donors (Lipinski definition) is 2. The number of para-hydroxylation sites is 1. The quantitative estimate of drug-likeness (QED) is 0.434. The minimum Gasteiger partial charge on any atom is -0.486 e. The molecule has 0 spiro atoms. The molecule has 1 aromatic heterocycles. The Bertz CT molecular complexity index is 1030. The van der Waals surface area contributed by atoms with Crippen molar-refractivity contribution in [2.24, 2.45) is 5.73 Å². The van der Waals surface area contributed by atoms with E-state index >= 15 is 0 Å². The second-order valence-corrected chi connectivity index (χ2v) is 6.31. The second kappa shape index (κ2) is 9.78. The minimum absolute atomic E-state index is 0. The third-order valence-corrected chi connectivity index (χ3v) is 4.27. The van der Waals surface area contributed by atoms with Crippen LogP contribution in [0, 0.1) is 0 Å². The van der Waals surface area contributed by atoms with Gasteiger partial charge in [0.05, 0.1) is 5.69 Å². The lowest BCUT2D eigenvalue weighted by molar-refractivity contribution is 0.297.